The highest BCUT2D eigenvalue weighted by Crippen LogP contribution is 2.26. The minimum Gasteiger partial charge on any atom is -0.377 e. The second-order valence-electron chi connectivity index (χ2n) is 6.38. The first kappa shape index (κ1) is 16.0. The van der Waals surface area contributed by atoms with Gasteiger partial charge in [0.15, 0.2) is 0 Å². The molecule has 1 N–H and O–H groups in total. The van der Waals surface area contributed by atoms with Crippen molar-refractivity contribution in [1.29, 1.82) is 0 Å². The van der Waals surface area contributed by atoms with E-state index in [9.17, 15) is 14.4 Å². The summed E-state index contributed by atoms with van der Waals surface area (Å²) in [6, 6.07) is 0.0600. The third kappa shape index (κ3) is 3.39. The highest BCUT2D eigenvalue weighted by molar-refractivity contribution is 5.89. The van der Waals surface area contributed by atoms with E-state index in [0.29, 0.717) is 39.3 Å². The molecule has 3 heterocycles. The number of carbonyl (C=O) groups excluding carboxylic acids is 3. The van der Waals surface area contributed by atoms with Crippen LogP contribution < -0.4 is 5.32 Å². The zero-order valence-electron chi connectivity index (χ0n) is 13.4. The molecule has 0 aromatic heterocycles. The maximum absolute atomic E-state index is 12.2. The van der Waals surface area contributed by atoms with Crippen LogP contribution in [-0.2, 0) is 19.1 Å². The van der Waals surface area contributed by atoms with E-state index < -0.39 is 0 Å². The van der Waals surface area contributed by atoms with Crippen molar-refractivity contribution in [3.8, 4) is 0 Å². The molecule has 0 radical (unpaired) electrons. The summed E-state index contributed by atoms with van der Waals surface area (Å²) in [4.78, 5) is 39.5. The van der Waals surface area contributed by atoms with Gasteiger partial charge in [0.1, 0.15) is 0 Å². The summed E-state index contributed by atoms with van der Waals surface area (Å²) in [6.07, 6.45) is 3.53. The number of hydrogen-bond acceptors (Lipinski definition) is 4. The molecule has 126 valence electrons. The third-order valence-electron chi connectivity index (χ3n) is 4.87. The number of nitrogens with one attached hydrogen (secondary N) is 1. The molecular weight excluding hydrogens is 298 g/mol. The van der Waals surface area contributed by atoms with Crippen molar-refractivity contribution in [2.75, 3.05) is 39.9 Å². The van der Waals surface area contributed by atoms with Gasteiger partial charge in [-0.05, 0) is 6.42 Å². The summed E-state index contributed by atoms with van der Waals surface area (Å²) in [6.45, 7) is 2.90. The predicted octanol–water partition coefficient (Wildman–Crippen LogP) is -0.471. The molecule has 3 aliphatic rings. The third-order valence-corrected chi connectivity index (χ3v) is 4.87. The van der Waals surface area contributed by atoms with Crippen molar-refractivity contribution in [3.63, 3.8) is 0 Å². The topological polar surface area (TPSA) is 79.0 Å². The standard InChI is InChI=1S/C16H23N3O4/c1-17-16(22)12-7-15(21)19(8-12)13-9-18(10-13)14(20)6-11-2-4-23-5-3-11/h2,12-13H,3-10H2,1H3,(H,17,22). The Balaban J connectivity index is 1.47. The molecule has 0 aliphatic carbocycles. The molecule has 0 spiro atoms. The van der Waals surface area contributed by atoms with Crippen LogP contribution in [0.2, 0.25) is 0 Å². The lowest BCUT2D eigenvalue weighted by molar-refractivity contribution is -0.143. The van der Waals surface area contributed by atoms with Gasteiger partial charge in [0, 0.05) is 39.5 Å². The highest BCUT2D eigenvalue weighted by Gasteiger charge is 2.43. The van der Waals surface area contributed by atoms with E-state index >= 15 is 0 Å². The number of ether oxygens (including phenoxy) is 1. The van der Waals surface area contributed by atoms with Crippen LogP contribution in [0.4, 0.5) is 0 Å². The second kappa shape index (κ2) is 6.70. The molecule has 2 fully saturated rings. The molecule has 7 nitrogen and oxygen atoms in total. The molecule has 3 rings (SSSR count). The molecule has 0 bridgehead atoms. The summed E-state index contributed by atoms with van der Waals surface area (Å²) >= 11 is 0. The maximum Gasteiger partial charge on any atom is 0.226 e. The predicted molar refractivity (Wildman–Crippen MR) is 82.4 cm³/mol. The van der Waals surface area contributed by atoms with Gasteiger partial charge in [0.25, 0.3) is 0 Å². The first-order chi connectivity index (χ1) is 11.1. The fourth-order valence-electron chi connectivity index (χ4n) is 3.35. The average molecular weight is 321 g/mol. The number of hydrogen-bond donors (Lipinski definition) is 1. The molecule has 3 amide bonds. The van der Waals surface area contributed by atoms with Gasteiger partial charge in [0.05, 0.1) is 25.2 Å². The van der Waals surface area contributed by atoms with Crippen molar-refractivity contribution in [2.45, 2.75) is 25.3 Å². The monoisotopic (exact) mass is 321 g/mol. The van der Waals surface area contributed by atoms with E-state index in [0.717, 1.165) is 12.0 Å². The van der Waals surface area contributed by atoms with Crippen LogP contribution in [0.3, 0.4) is 0 Å². The average Bonchev–Trinajstić information content (AvgIpc) is 2.88. The van der Waals surface area contributed by atoms with Crippen LogP contribution in [0.25, 0.3) is 0 Å². The van der Waals surface area contributed by atoms with E-state index in [1.165, 1.54) is 0 Å². The van der Waals surface area contributed by atoms with Gasteiger partial charge < -0.3 is 19.9 Å². The van der Waals surface area contributed by atoms with E-state index in [1.807, 2.05) is 6.08 Å². The molecule has 23 heavy (non-hydrogen) atoms. The molecule has 3 aliphatic heterocycles. The first-order valence-corrected chi connectivity index (χ1v) is 8.13. The van der Waals surface area contributed by atoms with Gasteiger partial charge >= 0.3 is 0 Å². The number of amides is 3. The molecule has 1 unspecified atom stereocenters. The molecule has 0 aromatic carbocycles. The summed E-state index contributed by atoms with van der Waals surface area (Å²) in [5, 5.41) is 2.60. The van der Waals surface area contributed by atoms with Crippen molar-refractivity contribution in [1.82, 2.24) is 15.1 Å². The van der Waals surface area contributed by atoms with E-state index in [4.69, 9.17) is 4.74 Å². The number of nitrogens with zero attached hydrogens (tertiary/aromatic N) is 2. The van der Waals surface area contributed by atoms with Gasteiger partial charge in [-0.2, -0.15) is 0 Å². The van der Waals surface area contributed by atoms with Gasteiger partial charge in [-0.1, -0.05) is 11.6 Å². The summed E-state index contributed by atoms with van der Waals surface area (Å²) < 4.78 is 5.24. The lowest BCUT2D eigenvalue weighted by atomic mass is 10.0. The summed E-state index contributed by atoms with van der Waals surface area (Å²) in [7, 11) is 1.59. The molecule has 1 atom stereocenters. The Morgan fingerprint density at radius 2 is 2.13 bits per heavy atom. The molecule has 7 heteroatoms. The van der Waals surface area contributed by atoms with Gasteiger partial charge in [-0.3, -0.25) is 14.4 Å². The van der Waals surface area contributed by atoms with Crippen LogP contribution in [0.5, 0.6) is 0 Å². The van der Waals surface area contributed by atoms with Crippen molar-refractivity contribution in [3.05, 3.63) is 11.6 Å². The molecule has 2 saturated heterocycles. The minimum atomic E-state index is -0.260. The molecule has 0 saturated carbocycles. The summed E-state index contributed by atoms with van der Waals surface area (Å²) in [5.41, 5.74) is 1.14. The van der Waals surface area contributed by atoms with Gasteiger partial charge in [-0.25, -0.2) is 0 Å². The summed E-state index contributed by atoms with van der Waals surface area (Å²) in [5.74, 6) is -0.212. The van der Waals surface area contributed by atoms with Crippen molar-refractivity contribution in [2.24, 2.45) is 5.92 Å². The normalized spacial score (nSPS) is 25.2. The second-order valence-corrected chi connectivity index (χ2v) is 6.38. The lowest BCUT2D eigenvalue weighted by Crippen LogP contribution is -2.61. The maximum atomic E-state index is 12.2. The zero-order chi connectivity index (χ0) is 16.4. The molecule has 0 aromatic rings. The van der Waals surface area contributed by atoms with Crippen LogP contribution in [0, 0.1) is 5.92 Å². The van der Waals surface area contributed by atoms with E-state index in [1.54, 1.807) is 16.8 Å². The smallest absolute Gasteiger partial charge is 0.226 e. The Morgan fingerprint density at radius 1 is 1.35 bits per heavy atom. The number of likely N-dealkylation sites (tertiary alicyclic amines) is 2. The van der Waals surface area contributed by atoms with Gasteiger partial charge in [0.2, 0.25) is 17.7 Å². The van der Waals surface area contributed by atoms with Crippen LogP contribution in [-0.4, -0.2) is 73.5 Å². The van der Waals surface area contributed by atoms with Gasteiger partial charge in [-0.15, -0.1) is 0 Å². The van der Waals surface area contributed by atoms with Crippen LogP contribution >= 0.6 is 0 Å². The fourth-order valence-corrected chi connectivity index (χ4v) is 3.35. The van der Waals surface area contributed by atoms with Crippen molar-refractivity contribution >= 4 is 17.7 Å². The Morgan fingerprint density at radius 3 is 2.78 bits per heavy atom. The van der Waals surface area contributed by atoms with Crippen LogP contribution in [0.1, 0.15) is 19.3 Å². The number of carbonyl (C=O) groups is 3. The lowest BCUT2D eigenvalue weighted by Gasteiger charge is -2.44. The first-order valence-electron chi connectivity index (χ1n) is 8.13. The minimum absolute atomic E-state index is 0.0165. The van der Waals surface area contributed by atoms with E-state index in [-0.39, 0.29) is 36.1 Å². The Bertz CT molecular complexity index is 539. The number of rotatable bonds is 4. The van der Waals surface area contributed by atoms with E-state index in [2.05, 4.69) is 5.32 Å². The largest absolute Gasteiger partial charge is 0.377 e. The fraction of sp³-hybridized carbons (Fsp3) is 0.688. The van der Waals surface area contributed by atoms with Crippen LogP contribution in [0.15, 0.2) is 11.6 Å². The Labute approximate surface area is 135 Å². The zero-order valence-corrected chi connectivity index (χ0v) is 13.4. The Hall–Kier alpha value is -1.89. The van der Waals surface area contributed by atoms with Crippen molar-refractivity contribution < 1.29 is 19.1 Å². The highest BCUT2D eigenvalue weighted by atomic mass is 16.5. The SMILES string of the molecule is CNC(=O)C1CC(=O)N(C2CN(C(=O)CC3=CCOCC3)C2)C1. The quantitative estimate of drug-likeness (QED) is 0.710. The molecular formula is C16H23N3O4. The Kier molecular flexibility index (Phi) is 4.66.